The number of aromatic nitrogens is 2. The summed E-state index contributed by atoms with van der Waals surface area (Å²) in [6.07, 6.45) is -1.90. The van der Waals surface area contributed by atoms with E-state index in [-0.39, 0.29) is 0 Å². The molecule has 1 atom stereocenters. The van der Waals surface area contributed by atoms with Gasteiger partial charge in [0.1, 0.15) is 0 Å². The summed E-state index contributed by atoms with van der Waals surface area (Å²) in [6, 6.07) is 0. The number of halogens is 3. The Kier molecular flexibility index (Phi) is 5.53. The molecule has 24 heavy (non-hydrogen) atoms. The van der Waals surface area contributed by atoms with Crippen molar-refractivity contribution in [2.24, 2.45) is 5.92 Å². The van der Waals surface area contributed by atoms with Crippen LogP contribution in [0.15, 0.2) is 11.7 Å². The minimum absolute atomic E-state index is 0.488. The highest BCUT2D eigenvalue weighted by atomic mass is 32.1. The van der Waals surface area contributed by atoms with E-state index in [2.05, 4.69) is 20.2 Å². The molecule has 1 unspecified atom stereocenters. The molecule has 2 aromatic heterocycles. The molecule has 0 bridgehead atoms. The van der Waals surface area contributed by atoms with Crippen molar-refractivity contribution >= 4 is 22.7 Å². The predicted octanol–water partition coefficient (Wildman–Crippen LogP) is 3.54. The highest BCUT2D eigenvalue weighted by molar-refractivity contribution is 7.11. The summed E-state index contributed by atoms with van der Waals surface area (Å²) in [4.78, 5) is 11.8. The van der Waals surface area contributed by atoms with Crippen molar-refractivity contribution in [3.63, 3.8) is 0 Å². The van der Waals surface area contributed by atoms with Crippen LogP contribution in [-0.2, 0) is 19.3 Å². The molecule has 0 spiro atoms. The molecule has 132 valence electrons. The minimum atomic E-state index is -4.36. The zero-order valence-corrected chi connectivity index (χ0v) is 14.9. The smallest absolute Gasteiger partial charge is 0.316 e. The SMILES string of the molecule is Cc1ncsc1CN(Cc1cnc(C(F)(F)F)s1)CC1CCNC1. The van der Waals surface area contributed by atoms with E-state index in [1.807, 2.05) is 12.4 Å². The zero-order valence-electron chi connectivity index (χ0n) is 13.3. The average Bonchev–Trinajstić information content (AvgIpc) is 3.22. The molecule has 0 aliphatic carbocycles. The average molecular weight is 376 g/mol. The van der Waals surface area contributed by atoms with Crippen LogP contribution in [0.2, 0.25) is 0 Å². The van der Waals surface area contributed by atoms with Gasteiger partial charge in [0.15, 0.2) is 5.01 Å². The number of aryl methyl sites for hydroxylation is 1. The lowest BCUT2D eigenvalue weighted by Crippen LogP contribution is -2.29. The first-order valence-electron chi connectivity index (χ1n) is 7.75. The summed E-state index contributed by atoms with van der Waals surface area (Å²) >= 11 is 2.33. The van der Waals surface area contributed by atoms with E-state index in [0.29, 0.717) is 23.9 Å². The van der Waals surface area contributed by atoms with Crippen LogP contribution in [0, 0.1) is 12.8 Å². The fourth-order valence-corrected chi connectivity index (χ4v) is 4.47. The number of rotatable bonds is 6. The van der Waals surface area contributed by atoms with Gasteiger partial charge in [0.25, 0.3) is 0 Å². The molecular weight excluding hydrogens is 357 g/mol. The summed E-state index contributed by atoms with van der Waals surface area (Å²) in [5, 5.41) is 2.57. The van der Waals surface area contributed by atoms with Gasteiger partial charge in [0, 0.05) is 35.6 Å². The molecule has 1 N–H and O–H groups in total. The van der Waals surface area contributed by atoms with Crippen LogP contribution >= 0.6 is 22.7 Å². The van der Waals surface area contributed by atoms with Crippen molar-refractivity contribution in [1.29, 1.82) is 0 Å². The van der Waals surface area contributed by atoms with Gasteiger partial charge in [-0.1, -0.05) is 0 Å². The van der Waals surface area contributed by atoms with Crippen LogP contribution in [0.1, 0.15) is 26.9 Å². The second-order valence-electron chi connectivity index (χ2n) is 6.02. The molecule has 0 aromatic carbocycles. The summed E-state index contributed by atoms with van der Waals surface area (Å²) in [5.74, 6) is 0.535. The Balaban J connectivity index is 1.71. The topological polar surface area (TPSA) is 41.1 Å². The third kappa shape index (κ3) is 4.53. The molecule has 2 aromatic rings. The number of thiazole rings is 2. The molecule has 1 fully saturated rings. The van der Waals surface area contributed by atoms with E-state index in [4.69, 9.17) is 0 Å². The molecule has 9 heteroatoms. The number of hydrogen-bond acceptors (Lipinski definition) is 6. The van der Waals surface area contributed by atoms with E-state index in [0.717, 1.165) is 43.1 Å². The fraction of sp³-hybridized carbons (Fsp3) is 0.600. The lowest BCUT2D eigenvalue weighted by atomic mass is 10.1. The Morgan fingerprint density at radius 3 is 2.75 bits per heavy atom. The van der Waals surface area contributed by atoms with Crippen molar-refractivity contribution < 1.29 is 13.2 Å². The maximum absolute atomic E-state index is 12.7. The third-order valence-corrected chi connectivity index (χ3v) is 6.01. The summed E-state index contributed by atoms with van der Waals surface area (Å²) in [5.41, 5.74) is 2.81. The first kappa shape index (κ1) is 17.8. The first-order chi connectivity index (χ1) is 11.4. The van der Waals surface area contributed by atoms with Crippen molar-refractivity contribution in [2.45, 2.75) is 32.6 Å². The third-order valence-electron chi connectivity index (χ3n) is 4.07. The van der Waals surface area contributed by atoms with Gasteiger partial charge in [-0.3, -0.25) is 4.90 Å². The van der Waals surface area contributed by atoms with E-state index in [1.165, 1.54) is 11.1 Å². The minimum Gasteiger partial charge on any atom is -0.316 e. The molecule has 3 heterocycles. The monoisotopic (exact) mass is 376 g/mol. The van der Waals surface area contributed by atoms with Crippen LogP contribution in [-0.4, -0.2) is 34.5 Å². The maximum atomic E-state index is 12.7. The Morgan fingerprint density at radius 2 is 2.17 bits per heavy atom. The van der Waals surface area contributed by atoms with Crippen molar-refractivity contribution in [2.75, 3.05) is 19.6 Å². The number of nitrogens with zero attached hydrogens (tertiary/aromatic N) is 3. The summed E-state index contributed by atoms with van der Waals surface area (Å²) < 4.78 is 38.2. The highest BCUT2D eigenvalue weighted by Gasteiger charge is 2.34. The van der Waals surface area contributed by atoms with Gasteiger partial charge < -0.3 is 5.32 Å². The van der Waals surface area contributed by atoms with Gasteiger partial charge in [-0.2, -0.15) is 13.2 Å². The molecule has 1 aliphatic rings. The van der Waals surface area contributed by atoms with Crippen LogP contribution in [0.3, 0.4) is 0 Å². The van der Waals surface area contributed by atoms with E-state index in [9.17, 15) is 13.2 Å². The van der Waals surface area contributed by atoms with Gasteiger partial charge >= 0.3 is 6.18 Å². The normalized spacial score (nSPS) is 18.6. The molecule has 1 aliphatic heterocycles. The second-order valence-corrected chi connectivity index (χ2v) is 8.07. The Labute approximate surface area is 146 Å². The van der Waals surface area contributed by atoms with Gasteiger partial charge in [-0.05, 0) is 32.4 Å². The van der Waals surface area contributed by atoms with Crippen molar-refractivity contribution in [3.05, 3.63) is 32.2 Å². The zero-order chi connectivity index (χ0) is 17.2. The predicted molar refractivity (Wildman–Crippen MR) is 89.1 cm³/mol. The van der Waals surface area contributed by atoms with E-state index < -0.39 is 11.2 Å². The first-order valence-corrected chi connectivity index (χ1v) is 9.45. The summed E-state index contributed by atoms with van der Waals surface area (Å²) in [6.45, 7) is 6.01. The molecule has 0 saturated carbocycles. The highest BCUT2D eigenvalue weighted by Crippen LogP contribution is 2.33. The van der Waals surface area contributed by atoms with Crippen LogP contribution < -0.4 is 5.32 Å². The van der Waals surface area contributed by atoms with Crippen LogP contribution in [0.5, 0.6) is 0 Å². The molecular formula is C15H19F3N4S2. The fourth-order valence-electron chi connectivity index (χ4n) is 2.83. The van der Waals surface area contributed by atoms with E-state index >= 15 is 0 Å². The largest absolute Gasteiger partial charge is 0.443 e. The molecule has 0 amide bonds. The number of nitrogens with one attached hydrogen (secondary N) is 1. The molecule has 4 nitrogen and oxygen atoms in total. The molecule has 1 saturated heterocycles. The second kappa shape index (κ2) is 7.47. The van der Waals surface area contributed by atoms with Crippen molar-refractivity contribution in [1.82, 2.24) is 20.2 Å². The lowest BCUT2D eigenvalue weighted by Gasteiger charge is -2.24. The van der Waals surface area contributed by atoms with Crippen LogP contribution in [0.25, 0.3) is 0 Å². The molecule has 3 rings (SSSR count). The van der Waals surface area contributed by atoms with Gasteiger partial charge in [-0.15, -0.1) is 22.7 Å². The number of hydrogen-bond donors (Lipinski definition) is 1. The molecule has 0 radical (unpaired) electrons. The summed E-state index contributed by atoms with van der Waals surface area (Å²) in [7, 11) is 0. The van der Waals surface area contributed by atoms with Gasteiger partial charge in [-0.25, -0.2) is 9.97 Å². The standard InChI is InChI=1S/C15H19F3N4S2/c1-10-13(23-9-21-10)8-22(6-11-2-3-19-4-11)7-12-5-20-14(24-12)15(16,17)18/h5,9,11,19H,2-4,6-8H2,1H3. The number of alkyl halides is 3. The lowest BCUT2D eigenvalue weighted by molar-refractivity contribution is -0.137. The van der Waals surface area contributed by atoms with Gasteiger partial charge in [0.2, 0.25) is 0 Å². The van der Waals surface area contributed by atoms with Crippen LogP contribution in [0.4, 0.5) is 13.2 Å². The Morgan fingerprint density at radius 1 is 1.33 bits per heavy atom. The Bertz CT molecular complexity index is 662. The van der Waals surface area contributed by atoms with E-state index in [1.54, 1.807) is 11.3 Å². The Hall–Kier alpha value is -1.03. The maximum Gasteiger partial charge on any atom is 0.443 e. The van der Waals surface area contributed by atoms with Gasteiger partial charge in [0.05, 0.1) is 11.2 Å². The quantitative estimate of drug-likeness (QED) is 0.837. The van der Waals surface area contributed by atoms with Crippen molar-refractivity contribution in [3.8, 4) is 0 Å².